The summed E-state index contributed by atoms with van der Waals surface area (Å²) in [6.45, 7) is 4.13. The summed E-state index contributed by atoms with van der Waals surface area (Å²) in [5.74, 6) is 0.777. The van der Waals surface area contributed by atoms with Crippen LogP contribution in [0.15, 0.2) is 28.7 Å². The monoisotopic (exact) mass is 294 g/mol. The van der Waals surface area contributed by atoms with Crippen LogP contribution in [0.1, 0.15) is 11.4 Å². The van der Waals surface area contributed by atoms with Crippen molar-refractivity contribution in [1.29, 1.82) is 0 Å². The van der Waals surface area contributed by atoms with Crippen molar-refractivity contribution >= 4 is 21.6 Å². The molecule has 2 rings (SSSR count). The standard InChI is InChI=1S/C13H15BrN2O/c1-8-6-11(14)9(2)16(8)12-5-4-10(15)7-13(12)17-3/h4-7H,15H2,1-3H3. The summed E-state index contributed by atoms with van der Waals surface area (Å²) >= 11 is 3.54. The van der Waals surface area contributed by atoms with Gasteiger partial charge in [0.15, 0.2) is 0 Å². The minimum absolute atomic E-state index is 0.701. The van der Waals surface area contributed by atoms with Gasteiger partial charge < -0.3 is 15.0 Å². The summed E-state index contributed by atoms with van der Waals surface area (Å²) in [5.41, 5.74) is 9.76. The molecule has 3 nitrogen and oxygen atoms in total. The maximum Gasteiger partial charge on any atom is 0.144 e. The quantitative estimate of drug-likeness (QED) is 0.862. The number of halogens is 1. The Bertz CT molecular complexity index is 561. The molecule has 17 heavy (non-hydrogen) atoms. The number of benzene rings is 1. The van der Waals surface area contributed by atoms with E-state index in [2.05, 4.69) is 40.4 Å². The smallest absolute Gasteiger partial charge is 0.144 e. The lowest BCUT2D eigenvalue weighted by Gasteiger charge is -2.14. The minimum Gasteiger partial charge on any atom is -0.494 e. The van der Waals surface area contributed by atoms with Gasteiger partial charge in [-0.1, -0.05) is 0 Å². The van der Waals surface area contributed by atoms with E-state index < -0.39 is 0 Å². The fourth-order valence-electron chi connectivity index (χ4n) is 1.97. The van der Waals surface area contributed by atoms with E-state index >= 15 is 0 Å². The average Bonchev–Trinajstić information content (AvgIpc) is 2.54. The van der Waals surface area contributed by atoms with Crippen LogP contribution in [0, 0.1) is 13.8 Å². The SMILES string of the molecule is COc1cc(N)ccc1-n1c(C)cc(Br)c1C. The highest BCUT2D eigenvalue weighted by atomic mass is 79.9. The zero-order valence-electron chi connectivity index (χ0n) is 10.1. The Kier molecular flexibility index (Phi) is 3.15. The number of rotatable bonds is 2. The maximum atomic E-state index is 5.76. The van der Waals surface area contributed by atoms with Crippen molar-refractivity contribution in [3.05, 3.63) is 40.1 Å². The Balaban J connectivity index is 2.68. The highest BCUT2D eigenvalue weighted by molar-refractivity contribution is 9.10. The third-order valence-corrected chi connectivity index (χ3v) is 3.62. The number of aromatic nitrogens is 1. The van der Waals surface area contributed by atoms with Gasteiger partial charge in [-0.3, -0.25) is 0 Å². The van der Waals surface area contributed by atoms with E-state index in [1.54, 1.807) is 7.11 Å². The molecule has 0 spiro atoms. The van der Waals surface area contributed by atoms with Gasteiger partial charge in [0, 0.05) is 27.6 Å². The Labute approximate surface area is 109 Å². The second kappa shape index (κ2) is 4.45. The van der Waals surface area contributed by atoms with Crippen LogP contribution in [0.2, 0.25) is 0 Å². The van der Waals surface area contributed by atoms with Gasteiger partial charge >= 0.3 is 0 Å². The average molecular weight is 295 g/mol. The molecule has 0 bridgehead atoms. The number of nitrogens with zero attached hydrogens (tertiary/aromatic N) is 1. The third kappa shape index (κ3) is 2.05. The van der Waals surface area contributed by atoms with Crippen LogP contribution in [0.4, 0.5) is 5.69 Å². The topological polar surface area (TPSA) is 40.2 Å². The molecule has 1 aromatic heterocycles. The fourth-order valence-corrected chi connectivity index (χ4v) is 2.48. The fraction of sp³-hybridized carbons (Fsp3) is 0.231. The molecule has 4 heteroatoms. The van der Waals surface area contributed by atoms with Gasteiger partial charge in [0.25, 0.3) is 0 Å². The van der Waals surface area contributed by atoms with Crippen LogP contribution in [0.25, 0.3) is 5.69 Å². The first-order valence-electron chi connectivity index (χ1n) is 5.33. The molecule has 90 valence electrons. The van der Waals surface area contributed by atoms with Crippen molar-refractivity contribution in [1.82, 2.24) is 4.57 Å². The molecule has 0 saturated carbocycles. The molecule has 2 N–H and O–H groups in total. The van der Waals surface area contributed by atoms with Gasteiger partial charge in [0.1, 0.15) is 5.75 Å². The zero-order valence-corrected chi connectivity index (χ0v) is 11.7. The highest BCUT2D eigenvalue weighted by Crippen LogP contribution is 2.31. The summed E-state index contributed by atoms with van der Waals surface area (Å²) in [6, 6.07) is 7.78. The van der Waals surface area contributed by atoms with Gasteiger partial charge in [0.05, 0.1) is 12.8 Å². The highest BCUT2D eigenvalue weighted by Gasteiger charge is 2.12. The minimum atomic E-state index is 0.701. The first-order chi connectivity index (χ1) is 8.04. The maximum absolute atomic E-state index is 5.76. The van der Waals surface area contributed by atoms with E-state index in [1.807, 2.05) is 18.2 Å². The molecular weight excluding hydrogens is 280 g/mol. The van der Waals surface area contributed by atoms with Gasteiger partial charge in [-0.15, -0.1) is 0 Å². The third-order valence-electron chi connectivity index (χ3n) is 2.81. The van der Waals surface area contributed by atoms with E-state index in [9.17, 15) is 0 Å². The first-order valence-corrected chi connectivity index (χ1v) is 6.12. The van der Waals surface area contributed by atoms with E-state index in [0.717, 1.165) is 27.3 Å². The van der Waals surface area contributed by atoms with Crippen molar-refractivity contribution in [2.24, 2.45) is 0 Å². The number of ether oxygens (including phenoxy) is 1. The Hall–Kier alpha value is -1.42. The molecule has 0 unspecified atom stereocenters. The molecule has 0 aliphatic carbocycles. The second-order valence-electron chi connectivity index (χ2n) is 3.99. The van der Waals surface area contributed by atoms with Crippen molar-refractivity contribution < 1.29 is 4.74 Å². The number of nitrogens with two attached hydrogens (primary N) is 1. The van der Waals surface area contributed by atoms with E-state index in [-0.39, 0.29) is 0 Å². The summed E-state index contributed by atoms with van der Waals surface area (Å²) in [6.07, 6.45) is 0. The van der Waals surface area contributed by atoms with Crippen LogP contribution in [0.5, 0.6) is 5.75 Å². The number of hydrogen-bond donors (Lipinski definition) is 1. The largest absolute Gasteiger partial charge is 0.494 e. The van der Waals surface area contributed by atoms with Crippen molar-refractivity contribution in [2.75, 3.05) is 12.8 Å². The second-order valence-corrected chi connectivity index (χ2v) is 4.84. The van der Waals surface area contributed by atoms with E-state index in [4.69, 9.17) is 10.5 Å². The van der Waals surface area contributed by atoms with Gasteiger partial charge in [-0.2, -0.15) is 0 Å². The molecule has 0 atom stereocenters. The summed E-state index contributed by atoms with van der Waals surface area (Å²) in [4.78, 5) is 0. The zero-order chi connectivity index (χ0) is 12.6. The number of anilines is 1. The van der Waals surface area contributed by atoms with Crippen LogP contribution in [-0.4, -0.2) is 11.7 Å². The summed E-state index contributed by atoms with van der Waals surface area (Å²) < 4.78 is 8.62. The van der Waals surface area contributed by atoms with Gasteiger partial charge in [-0.25, -0.2) is 0 Å². The van der Waals surface area contributed by atoms with E-state index in [1.165, 1.54) is 0 Å². The lowest BCUT2D eigenvalue weighted by atomic mass is 10.2. The van der Waals surface area contributed by atoms with Crippen molar-refractivity contribution in [3.63, 3.8) is 0 Å². The predicted octanol–water partition coefficient (Wildman–Crippen LogP) is 3.45. The van der Waals surface area contributed by atoms with Crippen LogP contribution >= 0.6 is 15.9 Å². The molecule has 2 aromatic rings. The molecular formula is C13H15BrN2O. The molecule has 0 fully saturated rings. The van der Waals surface area contributed by atoms with Crippen LogP contribution in [-0.2, 0) is 0 Å². The summed E-state index contributed by atoms with van der Waals surface area (Å²) in [7, 11) is 1.65. The summed E-state index contributed by atoms with van der Waals surface area (Å²) in [5, 5.41) is 0. The molecule has 1 heterocycles. The molecule has 0 saturated heterocycles. The van der Waals surface area contributed by atoms with Gasteiger partial charge in [0.2, 0.25) is 0 Å². The lowest BCUT2D eigenvalue weighted by molar-refractivity contribution is 0.413. The Morgan fingerprint density at radius 2 is 1.94 bits per heavy atom. The number of hydrogen-bond acceptors (Lipinski definition) is 2. The van der Waals surface area contributed by atoms with Gasteiger partial charge in [-0.05, 0) is 48.0 Å². The normalized spacial score (nSPS) is 10.6. The molecule has 0 aliphatic rings. The molecule has 0 amide bonds. The molecule has 1 aromatic carbocycles. The number of nitrogen functional groups attached to an aromatic ring is 1. The lowest BCUT2D eigenvalue weighted by Crippen LogP contribution is -2.02. The first kappa shape index (κ1) is 12.0. The van der Waals surface area contributed by atoms with Crippen molar-refractivity contribution in [3.8, 4) is 11.4 Å². The van der Waals surface area contributed by atoms with E-state index in [0.29, 0.717) is 5.69 Å². The van der Waals surface area contributed by atoms with Crippen LogP contribution in [0.3, 0.4) is 0 Å². The Morgan fingerprint density at radius 1 is 1.24 bits per heavy atom. The number of methoxy groups -OCH3 is 1. The predicted molar refractivity (Wildman–Crippen MR) is 73.9 cm³/mol. The van der Waals surface area contributed by atoms with Crippen LogP contribution < -0.4 is 10.5 Å². The van der Waals surface area contributed by atoms with Crippen molar-refractivity contribution in [2.45, 2.75) is 13.8 Å². The Morgan fingerprint density at radius 3 is 2.47 bits per heavy atom. The molecule has 0 aliphatic heterocycles. The molecule has 0 radical (unpaired) electrons. The number of aryl methyl sites for hydroxylation is 1.